The van der Waals surface area contributed by atoms with Crippen molar-refractivity contribution in [2.75, 3.05) is 18.4 Å². The molecule has 4 nitrogen and oxygen atoms in total. The van der Waals surface area contributed by atoms with Gasteiger partial charge in [0, 0.05) is 34.7 Å². The zero-order chi connectivity index (χ0) is 17.8. The van der Waals surface area contributed by atoms with Gasteiger partial charge in [-0.15, -0.1) is 0 Å². The van der Waals surface area contributed by atoms with Gasteiger partial charge in [0.05, 0.1) is 0 Å². The minimum absolute atomic E-state index is 0.0288. The zero-order valence-electron chi connectivity index (χ0n) is 14.2. The molecule has 0 radical (unpaired) electrons. The van der Waals surface area contributed by atoms with Crippen molar-refractivity contribution < 1.29 is 9.59 Å². The third kappa shape index (κ3) is 4.28. The molecular weight excluding hydrogens is 380 g/mol. The summed E-state index contributed by atoms with van der Waals surface area (Å²) in [7, 11) is 0. The maximum atomic E-state index is 12.6. The normalized spacial score (nSPS) is 15.0. The number of likely N-dealkylation sites (tertiary alicyclic amines) is 1. The summed E-state index contributed by atoms with van der Waals surface area (Å²) in [6.45, 7) is 3.18. The predicted octanol–water partition coefficient (Wildman–Crippen LogP) is 4.25. The van der Waals surface area contributed by atoms with E-state index in [1.54, 1.807) is 0 Å². The lowest BCUT2D eigenvalue weighted by atomic mass is 9.95. The highest BCUT2D eigenvalue weighted by atomic mass is 79.9. The Kier molecular flexibility index (Phi) is 5.53. The molecular formula is C20H21BrN2O2. The molecule has 1 N–H and O–H groups in total. The molecule has 25 heavy (non-hydrogen) atoms. The first-order valence-electron chi connectivity index (χ1n) is 8.46. The number of nitrogens with zero attached hydrogens (tertiary/aromatic N) is 1. The zero-order valence-corrected chi connectivity index (χ0v) is 15.8. The van der Waals surface area contributed by atoms with Crippen molar-refractivity contribution >= 4 is 33.4 Å². The van der Waals surface area contributed by atoms with E-state index < -0.39 is 0 Å². The van der Waals surface area contributed by atoms with E-state index in [0.29, 0.717) is 25.9 Å². The van der Waals surface area contributed by atoms with Crippen LogP contribution < -0.4 is 5.32 Å². The van der Waals surface area contributed by atoms with Gasteiger partial charge in [-0.05, 0) is 49.6 Å². The summed E-state index contributed by atoms with van der Waals surface area (Å²) in [5, 5.41) is 2.96. The van der Waals surface area contributed by atoms with E-state index in [-0.39, 0.29) is 17.7 Å². The first-order valence-corrected chi connectivity index (χ1v) is 9.25. The van der Waals surface area contributed by atoms with E-state index in [0.717, 1.165) is 21.3 Å². The van der Waals surface area contributed by atoms with Gasteiger partial charge in [0.1, 0.15) is 0 Å². The second kappa shape index (κ2) is 7.83. The summed E-state index contributed by atoms with van der Waals surface area (Å²) in [4.78, 5) is 26.9. The molecule has 2 aromatic rings. The third-order valence-electron chi connectivity index (χ3n) is 4.62. The summed E-state index contributed by atoms with van der Waals surface area (Å²) >= 11 is 3.40. The van der Waals surface area contributed by atoms with Crippen LogP contribution in [-0.4, -0.2) is 29.8 Å². The van der Waals surface area contributed by atoms with Gasteiger partial charge < -0.3 is 10.2 Å². The lowest BCUT2D eigenvalue weighted by molar-refractivity contribution is -0.121. The molecule has 1 aliphatic rings. The van der Waals surface area contributed by atoms with Crippen LogP contribution in [0.25, 0.3) is 0 Å². The molecule has 2 amide bonds. The van der Waals surface area contributed by atoms with Crippen LogP contribution in [-0.2, 0) is 4.79 Å². The van der Waals surface area contributed by atoms with Gasteiger partial charge in [0.2, 0.25) is 5.91 Å². The number of benzene rings is 2. The maximum Gasteiger partial charge on any atom is 0.254 e. The summed E-state index contributed by atoms with van der Waals surface area (Å²) in [6.07, 6.45) is 1.38. The molecule has 3 rings (SSSR count). The van der Waals surface area contributed by atoms with Gasteiger partial charge in [-0.2, -0.15) is 0 Å². The predicted molar refractivity (Wildman–Crippen MR) is 103 cm³/mol. The minimum Gasteiger partial charge on any atom is -0.339 e. The number of rotatable bonds is 3. The molecule has 1 saturated heterocycles. The molecule has 0 saturated carbocycles. The van der Waals surface area contributed by atoms with E-state index >= 15 is 0 Å². The van der Waals surface area contributed by atoms with Gasteiger partial charge >= 0.3 is 0 Å². The van der Waals surface area contributed by atoms with Gasteiger partial charge in [-0.3, -0.25) is 9.59 Å². The number of piperidine rings is 1. The Labute approximate surface area is 156 Å². The molecule has 2 aromatic carbocycles. The van der Waals surface area contributed by atoms with E-state index in [1.807, 2.05) is 60.4 Å². The average Bonchev–Trinajstić information content (AvgIpc) is 2.62. The number of hydrogen-bond donors (Lipinski definition) is 1. The number of aryl methyl sites for hydroxylation is 1. The lowest BCUT2D eigenvalue weighted by Crippen LogP contribution is -2.41. The van der Waals surface area contributed by atoms with Gasteiger partial charge in [0.25, 0.3) is 5.91 Å². The fourth-order valence-corrected chi connectivity index (χ4v) is 3.54. The standard InChI is InChI=1S/C20H21BrN2O2/c1-14-5-2-3-8-18(14)20(25)23-11-9-15(10-12-23)19(24)22-17-7-4-6-16(21)13-17/h2-8,13,15H,9-12H2,1H3,(H,22,24). The number of carbonyl (C=O) groups excluding carboxylic acids is 2. The van der Waals surface area contributed by atoms with Crippen molar-refractivity contribution in [3.63, 3.8) is 0 Å². The molecule has 130 valence electrons. The van der Waals surface area contributed by atoms with Crippen molar-refractivity contribution in [2.45, 2.75) is 19.8 Å². The Hall–Kier alpha value is -2.14. The van der Waals surface area contributed by atoms with Crippen LogP contribution in [0.3, 0.4) is 0 Å². The number of anilines is 1. The van der Waals surface area contributed by atoms with Crippen LogP contribution in [0, 0.1) is 12.8 Å². The highest BCUT2D eigenvalue weighted by molar-refractivity contribution is 9.10. The molecule has 5 heteroatoms. The first-order chi connectivity index (χ1) is 12.0. The summed E-state index contributed by atoms with van der Waals surface area (Å²) in [6, 6.07) is 15.2. The van der Waals surface area contributed by atoms with Gasteiger partial charge in [-0.25, -0.2) is 0 Å². The SMILES string of the molecule is Cc1ccccc1C(=O)N1CCC(C(=O)Nc2cccc(Br)c2)CC1. The number of nitrogens with one attached hydrogen (secondary N) is 1. The van der Waals surface area contributed by atoms with Crippen molar-refractivity contribution in [2.24, 2.45) is 5.92 Å². The summed E-state index contributed by atoms with van der Waals surface area (Å²) in [5.41, 5.74) is 2.53. The highest BCUT2D eigenvalue weighted by Crippen LogP contribution is 2.23. The minimum atomic E-state index is -0.0556. The molecule has 1 aliphatic heterocycles. The smallest absolute Gasteiger partial charge is 0.254 e. The number of hydrogen-bond acceptors (Lipinski definition) is 2. The molecule has 0 aromatic heterocycles. The second-order valence-corrected chi connectivity index (χ2v) is 7.30. The van der Waals surface area contributed by atoms with Crippen LogP contribution in [0.15, 0.2) is 53.0 Å². The van der Waals surface area contributed by atoms with Gasteiger partial charge in [0.15, 0.2) is 0 Å². The Morgan fingerprint density at radius 1 is 1.08 bits per heavy atom. The Morgan fingerprint density at radius 3 is 2.48 bits per heavy atom. The monoisotopic (exact) mass is 400 g/mol. The lowest BCUT2D eigenvalue weighted by Gasteiger charge is -2.31. The van der Waals surface area contributed by atoms with E-state index in [4.69, 9.17) is 0 Å². The largest absolute Gasteiger partial charge is 0.339 e. The topological polar surface area (TPSA) is 49.4 Å². The Balaban J connectivity index is 1.57. The van der Waals surface area contributed by atoms with E-state index in [9.17, 15) is 9.59 Å². The van der Waals surface area contributed by atoms with Crippen molar-refractivity contribution in [3.8, 4) is 0 Å². The van der Waals surface area contributed by atoms with Crippen LogP contribution in [0.2, 0.25) is 0 Å². The average molecular weight is 401 g/mol. The van der Waals surface area contributed by atoms with Crippen molar-refractivity contribution in [1.29, 1.82) is 0 Å². The van der Waals surface area contributed by atoms with E-state index in [2.05, 4.69) is 21.2 Å². The molecule has 0 aliphatic carbocycles. The molecule has 0 bridgehead atoms. The quantitative estimate of drug-likeness (QED) is 0.836. The van der Waals surface area contributed by atoms with Crippen LogP contribution >= 0.6 is 15.9 Å². The number of amides is 2. The Morgan fingerprint density at radius 2 is 1.80 bits per heavy atom. The van der Waals surface area contributed by atoms with Crippen LogP contribution in [0.1, 0.15) is 28.8 Å². The third-order valence-corrected chi connectivity index (χ3v) is 5.11. The maximum absolute atomic E-state index is 12.6. The molecule has 0 atom stereocenters. The first kappa shape index (κ1) is 17.7. The van der Waals surface area contributed by atoms with Crippen molar-refractivity contribution in [3.05, 3.63) is 64.1 Å². The summed E-state index contributed by atoms with van der Waals surface area (Å²) < 4.78 is 0.934. The van der Waals surface area contributed by atoms with Crippen LogP contribution in [0.5, 0.6) is 0 Å². The summed E-state index contributed by atoms with van der Waals surface area (Å²) in [5.74, 6) is 0.0324. The highest BCUT2D eigenvalue weighted by Gasteiger charge is 2.28. The van der Waals surface area contributed by atoms with E-state index in [1.165, 1.54) is 0 Å². The second-order valence-electron chi connectivity index (χ2n) is 6.38. The van der Waals surface area contributed by atoms with Gasteiger partial charge in [-0.1, -0.05) is 40.2 Å². The van der Waals surface area contributed by atoms with Crippen LogP contribution in [0.4, 0.5) is 5.69 Å². The molecule has 1 heterocycles. The van der Waals surface area contributed by atoms with Crippen molar-refractivity contribution in [1.82, 2.24) is 4.90 Å². The Bertz CT molecular complexity index is 783. The molecule has 0 spiro atoms. The molecule has 0 unspecified atom stereocenters. The number of halogens is 1. The fourth-order valence-electron chi connectivity index (χ4n) is 3.14. The number of carbonyl (C=O) groups is 2. The fraction of sp³-hybridized carbons (Fsp3) is 0.300. The molecule has 1 fully saturated rings.